The zero-order chi connectivity index (χ0) is 22.5. The molecule has 0 bridgehead atoms. The molecular weight excluding hydrogens is 411 g/mol. The summed E-state index contributed by atoms with van der Waals surface area (Å²) in [6.45, 7) is 4.81. The molecule has 0 saturated carbocycles. The fraction of sp³-hybridized carbons (Fsp3) is 0.375. The molecular formula is C24H25FN4O3. The van der Waals surface area contributed by atoms with Crippen molar-refractivity contribution in [2.24, 2.45) is 7.05 Å². The normalized spacial score (nSPS) is 17.9. The van der Waals surface area contributed by atoms with Crippen molar-refractivity contribution >= 4 is 11.6 Å². The fourth-order valence-electron chi connectivity index (χ4n) is 4.41. The zero-order valence-electron chi connectivity index (χ0n) is 18.3. The molecule has 2 aromatic carbocycles. The van der Waals surface area contributed by atoms with Gasteiger partial charge in [0.05, 0.1) is 31.3 Å². The van der Waals surface area contributed by atoms with Crippen molar-refractivity contribution in [1.82, 2.24) is 14.8 Å². The van der Waals surface area contributed by atoms with Crippen LogP contribution in [-0.2, 0) is 23.7 Å². The van der Waals surface area contributed by atoms with Gasteiger partial charge in [0.15, 0.2) is 12.0 Å². The number of halogens is 1. The van der Waals surface area contributed by atoms with Gasteiger partial charge in [-0.25, -0.2) is 4.39 Å². The van der Waals surface area contributed by atoms with Gasteiger partial charge in [0.25, 0.3) is 5.91 Å². The Morgan fingerprint density at radius 1 is 1.19 bits per heavy atom. The lowest BCUT2D eigenvalue weighted by molar-refractivity contribution is -0.102. The van der Waals surface area contributed by atoms with E-state index < -0.39 is 11.6 Å². The molecule has 2 aliphatic heterocycles. The van der Waals surface area contributed by atoms with E-state index in [1.54, 1.807) is 16.5 Å². The Morgan fingerprint density at radius 3 is 2.62 bits per heavy atom. The Bertz CT molecular complexity index is 1170. The third-order valence-electron chi connectivity index (χ3n) is 6.20. The van der Waals surface area contributed by atoms with Gasteiger partial charge in [-0.05, 0) is 43.7 Å². The highest BCUT2D eigenvalue weighted by Gasteiger charge is 2.50. The number of aryl methyl sites for hydroxylation is 1. The largest absolute Gasteiger partial charge is 0.491 e. The van der Waals surface area contributed by atoms with Gasteiger partial charge < -0.3 is 18.9 Å². The van der Waals surface area contributed by atoms with Gasteiger partial charge in [-0.2, -0.15) is 0 Å². The Morgan fingerprint density at radius 2 is 1.97 bits per heavy atom. The predicted octanol–water partition coefficient (Wildman–Crippen LogP) is 3.74. The Hall–Kier alpha value is -3.26. The summed E-state index contributed by atoms with van der Waals surface area (Å²) in [6.07, 6.45) is 0.119. The topological polar surface area (TPSA) is 69.5 Å². The van der Waals surface area contributed by atoms with Crippen molar-refractivity contribution in [3.8, 4) is 5.75 Å². The molecule has 2 aliphatic rings. The van der Waals surface area contributed by atoms with E-state index in [1.165, 1.54) is 6.33 Å². The Balaban J connectivity index is 1.48. The van der Waals surface area contributed by atoms with Crippen molar-refractivity contribution in [3.63, 3.8) is 0 Å². The maximum atomic E-state index is 15.7. The number of fused-ring (bicyclic) bond motifs is 1. The zero-order valence-corrected chi connectivity index (χ0v) is 18.3. The lowest BCUT2D eigenvalue weighted by Gasteiger charge is -2.43. The second kappa shape index (κ2) is 7.70. The second-order valence-electron chi connectivity index (χ2n) is 8.70. The molecule has 3 aromatic rings. The number of alkyl halides is 1. The molecule has 7 nitrogen and oxygen atoms in total. The number of benzene rings is 2. The Labute approximate surface area is 185 Å². The Kier molecular flexibility index (Phi) is 4.97. The molecule has 0 aliphatic carbocycles. The number of nitrogens with zero attached hydrogens (tertiary/aromatic N) is 4. The van der Waals surface area contributed by atoms with E-state index in [4.69, 9.17) is 9.47 Å². The molecule has 1 aromatic heterocycles. The van der Waals surface area contributed by atoms with Crippen LogP contribution in [-0.4, -0.2) is 40.0 Å². The summed E-state index contributed by atoms with van der Waals surface area (Å²) in [7, 11) is 1.72. The summed E-state index contributed by atoms with van der Waals surface area (Å²) >= 11 is 0. The average Bonchev–Trinajstić information content (AvgIpc) is 3.31. The molecule has 1 atom stereocenters. The molecule has 0 spiro atoms. The van der Waals surface area contributed by atoms with E-state index >= 15 is 4.39 Å². The van der Waals surface area contributed by atoms with Gasteiger partial charge in [0, 0.05) is 23.9 Å². The minimum atomic E-state index is -1.38. The molecule has 0 N–H and O–H groups in total. The number of carbonyl (C=O) groups excluding carboxylic acids is 1. The summed E-state index contributed by atoms with van der Waals surface area (Å²) in [4.78, 5) is 14.9. The maximum absolute atomic E-state index is 15.7. The molecule has 1 saturated heterocycles. The number of rotatable bonds is 6. The first-order chi connectivity index (χ1) is 15.4. The van der Waals surface area contributed by atoms with E-state index in [0.29, 0.717) is 12.1 Å². The van der Waals surface area contributed by atoms with Crippen LogP contribution in [0.4, 0.5) is 10.1 Å². The van der Waals surface area contributed by atoms with Gasteiger partial charge >= 0.3 is 0 Å². The molecule has 0 unspecified atom stereocenters. The number of anilines is 1. The molecule has 3 heterocycles. The summed E-state index contributed by atoms with van der Waals surface area (Å²) < 4.78 is 28.6. The third kappa shape index (κ3) is 3.17. The van der Waals surface area contributed by atoms with E-state index in [2.05, 4.69) is 10.2 Å². The number of ether oxygens (including phenoxy) is 2. The lowest BCUT2D eigenvalue weighted by atomic mass is 9.74. The number of amides is 1. The number of carbonyl (C=O) groups is 1. The van der Waals surface area contributed by atoms with Crippen LogP contribution in [0, 0.1) is 0 Å². The van der Waals surface area contributed by atoms with Gasteiger partial charge in [-0.3, -0.25) is 4.79 Å². The quantitative estimate of drug-likeness (QED) is 0.589. The van der Waals surface area contributed by atoms with Crippen molar-refractivity contribution in [3.05, 3.63) is 71.3 Å². The highest BCUT2D eigenvalue weighted by Crippen LogP contribution is 2.46. The summed E-state index contributed by atoms with van der Waals surface area (Å²) in [5.74, 6) is 0.897. The lowest BCUT2D eigenvalue weighted by Crippen LogP contribution is -2.50. The standard InChI is InChI=1S/C24H25FN4O3/c1-15(2)32-20-9-5-8-18-19(20)11-29(23(18)30)17-7-4-6-16(10-17)24(12-31-13-24)21(25)22-27-26-14-28(22)3/h4-10,14-15,21H,11-13H2,1-3H3/t21-/m0/s1. The highest BCUT2D eigenvalue weighted by atomic mass is 19.1. The second-order valence-corrected chi connectivity index (χ2v) is 8.70. The van der Waals surface area contributed by atoms with Crippen LogP contribution >= 0.6 is 0 Å². The summed E-state index contributed by atoms with van der Waals surface area (Å²) in [6, 6.07) is 13.1. The molecule has 1 amide bonds. The SMILES string of the molecule is CC(C)Oc1cccc2c1CN(c1cccc(C3([C@@H](F)c4nncn4C)COC3)c1)C2=O. The van der Waals surface area contributed by atoms with Crippen molar-refractivity contribution < 1.29 is 18.7 Å². The molecule has 0 radical (unpaired) electrons. The molecule has 5 rings (SSSR count). The minimum Gasteiger partial charge on any atom is -0.491 e. The highest BCUT2D eigenvalue weighted by molar-refractivity contribution is 6.10. The van der Waals surface area contributed by atoms with Crippen LogP contribution in [0.3, 0.4) is 0 Å². The smallest absolute Gasteiger partial charge is 0.259 e. The molecule has 1 fully saturated rings. The number of aromatic nitrogens is 3. The number of hydrogen-bond acceptors (Lipinski definition) is 5. The first-order valence-electron chi connectivity index (χ1n) is 10.7. The van der Waals surface area contributed by atoms with Crippen molar-refractivity contribution in [2.45, 2.75) is 38.1 Å². The monoisotopic (exact) mass is 436 g/mol. The average molecular weight is 436 g/mol. The number of hydrogen-bond donors (Lipinski definition) is 0. The van der Waals surface area contributed by atoms with E-state index in [-0.39, 0.29) is 31.0 Å². The first-order valence-corrected chi connectivity index (χ1v) is 10.7. The van der Waals surface area contributed by atoms with Crippen LogP contribution in [0.5, 0.6) is 5.75 Å². The van der Waals surface area contributed by atoms with Gasteiger partial charge in [-0.1, -0.05) is 18.2 Å². The van der Waals surface area contributed by atoms with Crippen LogP contribution in [0.1, 0.15) is 47.3 Å². The van der Waals surface area contributed by atoms with Crippen molar-refractivity contribution in [2.75, 3.05) is 18.1 Å². The minimum absolute atomic E-state index is 0.00885. The van der Waals surface area contributed by atoms with E-state index in [1.807, 2.05) is 56.3 Å². The van der Waals surface area contributed by atoms with E-state index in [0.717, 1.165) is 22.6 Å². The predicted molar refractivity (Wildman–Crippen MR) is 117 cm³/mol. The molecule has 32 heavy (non-hydrogen) atoms. The molecule has 166 valence electrons. The summed E-state index contributed by atoms with van der Waals surface area (Å²) in [5.41, 5.74) is 2.14. The van der Waals surface area contributed by atoms with E-state index in [9.17, 15) is 4.79 Å². The summed E-state index contributed by atoms with van der Waals surface area (Å²) in [5, 5.41) is 7.78. The van der Waals surface area contributed by atoms with Crippen LogP contribution < -0.4 is 9.64 Å². The van der Waals surface area contributed by atoms with Crippen LogP contribution in [0.2, 0.25) is 0 Å². The van der Waals surface area contributed by atoms with Crippen molar-refractivity contribution in [1.29, 1.82) is 0 Å². The van der Waals surface area contributed by atoms with Gasteiger partial charge in [-0.15, -0.1) is 10.2 Å². The maximum Gasteiger partial charge on any atom is 0.259 e. The van der Waals surface area contributed by atoms with Gasteiger partial charge in [0.1, 0.15) is 12.1 Å². The van der Waals surface area contributed by atoms with Crippen LogP contribution in [0.15, 0.2) is 48.8 Å². The third-order valence-corrected chi connectivity index (χ3v) is 6.20. The van der Waals surface area contributed by atoms with Gasteiger partial charge in [0.2, 0.25) is 0 Å². The molecule has 8 heteroatoms. The first kappa shape index (κ1) is 20.6. The fourth-order valence-corrected chi connectivity index (χ4v) is 4.41. The van der Waals surface area contributed by atoms with Crippen LogP contribution in [0.25, 0.3) is 0 Å².